The summed E-state index contributed by atoms with van der Waals surface area (Å²) in [6, 6.07) is 0.941. The minimum atomic E-state index is 0.221. The van der Waals surface area contributed by atoms with E-state index < -0.39 is 0 Å². The van der Waals surface area contributed by atoms with Crippen molar-refractivity contribution in [3.63, 3.8) is 0 Å². The van der Waals surface area contributed by atoms with Crippen molar-refractivity contribution in [2.75, 3.05) is 33.2 Å². The van der Waals surface area contributed by atoms with Crippen molar-refractivity contribution in [1.29, 1.82) is 0 Å². The number of piperazine rings is 1. The summed E-state index contributed by atoms with van der Waals surface area (Å²) < 4.78 is 0. The van der Waals surface area contributed by atoms with E-state index in [1.165, 1.54) is 0 Å². The third-order valence-electron chi connectivity index (χ3n) is 3.13. The maximum absolute atomic E-state index is 11.8. The maximum Gasteiger partial charge on any atom is 0.236 e. The van der Waals surface area contributed by atoms with Gasteiger partial charge in [-0.3, -0.25) is 9.69 Å². The first-order valence-electron chi connectivity index (χ1n) is 5.76. The predicted molar refractivity (Wildman–Crippen MR) is 61.8 cm³/mol. The van der Waals surface area contributed by atoms with Crippen LogP contribution in [-0.2, 0) is 4.79 Å². The fraction of sp³-hybridized carbons (Fsp3) is 0.909. The van der Waals surface area contributed by atoms with E-state index in [1.807, 2.05) is 14.0 Å². The Kier molecular flexibility index (Phi) is 4.54. The van der Waals surface area contributed by atoms with Gasteiger partial charge in [-0.15, -0.1) is 0 Å². The first kappa shape index (κ1) is 12.5. The molecule has 0 aromatic rings. The molecule has 0 bridgehead atoms. The monoisotopic (exact) mass is 213 g/mol. The Labute approximate surface area is 92.6 Å². The molecule has 0 aromatic heterocycles. The summed E-state index contributed by atoms with van der Waals surface area (Å²) in [7, 11) is 1.86. The second-order valence-electron chi connectivity index (χ2n) is 4.50. The van der Waals surface area contributed by atoms with Crippen molar-refractivity contribution in [2.45, 2.75) is 32.9 Å². The van der Waals surface area contributed by atoms with Crippen molar-refractivity contribution in [3.8, 4) is 0 Å². The molecule has 0 aromatic carbocycles. The fourth-order valence-electron chi connectivity index (χ4n) is 1.79. The van der Waals surface area contributed by atoms with Crippen LogP contribution in [0.25, 0.3) is 0 Å². The molecule has 1 aliphatic heterocycles. The number of likely N-dealkylation sites (N-methyl/N-ethyl adjacent to an activating group) is 1. The molecule has 2 atom stereocenters. The van der Waals surface area contributed by atoms with Crippen molar-refractivity contribution in [2.24, 2.45) is 0 Å². The molecule has 0 spiro atoms. The zero-order valence-electron chi connectivity index (χ0n) is 10.3. The van der Waals surface area contributed by atoms with E-state index in [9.17, 15) is 4.79 Å². The highest BCUT2D eigenvalue weighted by Gasteiger charge is 2.24. The zero-order chi connectivity index (χ0) is 11.4. The van der Waals surface area contributed by atoms with Gasteiger partial charge in [0.1, 0.15) is 0 Å². The van der Waals surface area contributed by atoms with Gasteiger partial charge in [0.2, 0.25) is 5.91 Å². The lowest BCUT2D eigenvalue weighted by molar-refractivity contribution is -0.131. The number of carbonyl (C=O) groups excluding carboxylic acids is 1. The van der Waals surface area contributed by atoms with Gasteiger partial charge in [-0.2, -0.15) is 0 Å². The van der Waals surface area contributed by atoms with Crippen LogP contribution >= 0.6 is 0 Å². The minimum absolute atomic E-state index is 0.221. The van der Waals surface area contributed by atoms with Gasteiger partial charge in [0.05, 0.1) is 6.54 Å². The van der Waals surface area contributed by atoms with Crippen molar-refractivity contribution in [3.05, 3.63) is 0 Å². The number of nitrogens with one attached hydrogen (secondary N) is 1. The van der Waals surface area contributed by atoms with Crippen LogP contribution in [0.1, 0.15) is 20.8 Å². The molecular formula is C11H23N3O. The van der Waals surface area contributed by atoms with Crippen molar-refractivity contribution >= 4 is 5.91 Å². The molecule has 0 saturated carbocycles. The number of hydrogen-bond acceptors (Lipinski definition) is 3. The Balaban J connectivity index is 2.45. The van der Waals surface area contributed by atoms with Gasteiger partial charge in [-0.1, -0.05) is 0 Å². The van der Waals surface area contributed by atoms with Crippen LogP contribution in [0, 0.1) is 0 Å². The molecule has 1 rings (SSSR count). The van der Waals surface area contributed by atoms with Gasteiger partial charge >= 0.3 is 0 Å². The molecule has 2 unspecified atom stereocenters. The van der Waals surface area contributed by atoms with E-state index in [-0.39, 0.29) is 5.91 Å². The average Bonchev–Trinajstić information content (AvgIpc) is 2.22. The second kappa shape index (κ2) is 5.47. The molecule has 1 fully saturated rings. The fourth-order valence-corrected chi connectivity index (χ4v) is 1.79. The highest BCUT2D eigenvalue weighted by molar-refractivity contribution is 5.78. The second-order valence-corrected chi connectivity index (χ2v) is 4.50. The van der Waals surface area contributed by atoms with E-state index in [4.69, 9.17) is 0 Å². The lowest BCUT2D eigenvalue weighted by atomic mass is 10.1. The summed E-state index contributed by atoms with van der Waals surface area (Å²) >= 11 is 0. The van der Waals surface area contributed by atoms with Crippen LogP contribution in [0.4, 0.5) is 0 Å². The predicted octanol–water partition coefficient (Wildman–Crippen LogP) is 0.147. The lowest BCUT2D eigenvalue weighted by Gasteiger charge is -2.37. The molecular weight excluding hydrogens is 190 g/mol. The summed E-state index contributed by atoms with van der Waals surface area (Å²) in [5, 5.41) is 3.41. The van der Waals surface area contributed by atoms with Crippen LogP contribution in [0.2, 0.25) is 0 Å². The number of amides is 1. The molecule has 1 aliphatic rings. The highest BCUT2D eigenvalue weighted by atomic mass is 16.2. The molecule has 1 amide bonds. The Morgan fingerprint density at radius 3 is 2.80 bits per heavy atom. The van der Waals surface area contributed by atoms with E-state index >= 15 is 0 Å². The van der Waals surface area contributed by atoms with Gasteiger partial charge in [-0.05, 0) is 20.8 Å². The van der Waals surface area contributed by atoms with Gasteiger partial charge in [-0.25, -0.2) is 0 Å². The maximum atomic E-state index is 11.8. The smallest absolute Gasteiger partial charge is 0.236 e. The molecule has 15 heavy (non-hydrogen) atoms. The first-order chi connectivity index (χ1) is 7.04. The Morgan fingerprint density at radius 2 is 2.20 bits per heavy atom. The molecule has 1 N–H and O–H groups in total. The molecule has 0 aliphatic carbocycles. The van der Waals surface area contributed by atoms with Crippen molar-refractivity contribution in [1.82, 2.24) is 15.1 Å². The Hall–Kier alpha value is -0.610. The van der Waals surface area contributed by atoms with E-state index in [0.29, 0.717) is 18.6 Å². The molecule has 0 radical (unpaired) electrons. The van der Waals surface area contributed by atoms with Crippen LogP contribution in [-0.4, -0.2) is 61.0 Å². The molecule has 88 valence electrons. The zero-order valence-corrected chi connectivity index (χ0v) is 10.3. The summed E-state index contributed by atoms with van der Waals surface area (Å²) in [4.78, 5) is 15.8. The van der Waals surface area contributed by atoms with Gasteiger partial charge in [0.25, 0.3) is 0 Å². The highest BCUT2D eigenvalue weighted by Crippen LogP contribution is 2.06. The topological polar surface area (TPSA) is 35.6 Å². The van der Waals surface area contributed by atoms with Gasteiger partial charge in [0, 0.05) is 38.8 Å². The lowest BCUT2D eigenvalue weighted by Crippen LogP contribution is -2.56. The molecule has 1 heterocycles. The summed E-state index contributed by atoms with van der Waals surface area (Å²) in [6.07, 6.45) is 0. The summed E-state index contributed by atoms with van der Waals surface area (Å²) in [5.41, 5.74) is 0. The van der Waals surface area contributed by atoms with Crippen LogP contribution in [0.5, 0.6) is 0 Å². The molecule has 4 nitrogen and oxygen atoms in total. The van der Waals surface area contributed by atoms with E-state index in [0.717, 1.165) is 19.6 Å². The standard InChI is InChI=1S/C11H23N3O/c1-5-13(4)11(15)8-14-7-9(2)12-6-10(14)3/h9-10,12H,5-8H2,1-4H3. The number of rotatable bonds is 3. The first-order valence-corrected chi connectivity index (χ1v) is 5.76. The summed E-state index contributed by atoms with van der Waals surface area (Å²) in [6.45, 7) is 9.61. The summed E-state index contributed by atoms with van der Waals surface area (Å²) in [5.74, 6) is 0.221. The molecule has 1 saturated heterocycles. The van der Waals surface area contributed by atoms with Gasteiger partial charge < -0.3 is 10.2 Å². The number of carbonyl (C=O) groups is 1. The van der Waals surface area contributed by atoms with Crippen LogP contribution in [0.3, 0.4) is 0 Å². The average molecular weight is 213 g/mol. The van der Waals surface area contributed by atoms with Gasteiger partial charge in [0.15, 0.2) is 0 Å². The molecule has 4 heteroatoms. The minimum Gasteiger partial charge on any atom is -0.345 e. The van der Waals surface area contributed by atoms with Crippen molar-refractivity contribution < 1.29 is 4.79 Å². The largest absolute Gasteiger partial charge is 0.345 e. The SMILES string of the molecule is CCN(C)C(=O)CN1CC(C)NCC1C. The Bertz CT molecular complexity index is 220. The van der Waals surface area contributed by atoms with E-state index in [1.54, 1.807) is 4.90 Å². The van der Waals surface area contributed by atoms with Crippen LogP contribution in [0.15, 0.2) is 0 Å². The quantitative estimate of drug-likeness (QED) is 0.725. The third kappa shape index (κ3) is 3.47. The Morgan fingerprint density at radius 1 is 1.53 bits per heavy atom. The van der Waals surface area contributed by atoms with Crippen LogP contribution < -0.4 is 5.32 Å². The normalized spacial score (nSPS) is 27.7. The number of hydrogen-bond donors (Lipinski definition) is 1. The third-order valence-corrected chi connectivity index (χ3v) is 3.13. The van der Waals surface area contributed by atoms with E-state index in [2.05, 4.69) is 24.1 Å². The number of nitrogens with zero attached hydrogens (tertiary/aromatic N) is 2.